The second kappa shape index (κ2) is 6.14. The van der Waals surface area contributed by atoms with Crippen molar-refractivity contribution in [3.63, 3.8) is 0 Å². The van der Waals surface area contributed by atoms with E-state index in [-0.39, 0.29) is 12.5 Å². The zero-order valence-corrected chi connectivity index (χ0v) is 11.4. The Balaban J connectivity index is 2.13. The molecule has 1 aromatic heterocycles. The van der Waals surface area contributed by atoms with Crippen LogP contribution in [0.1, 0.15) is 24.2 Å². The van der Waals surface area contributed by atoms with Gasteiger partial charge in [0.25, 0.3) is 5.91 Å². The van der Waals surface area contributed by atoms with Crippen LogP contribution in [0.2, 0.25) is 0 Å². The maximum Gasteiger partial charge on any atom is 0.328 e. The van der Waals surface area contributed by atoms with Crippen LogP contribution in [-0.2, 0) is 9.53 Å². The zero-order chi connectivity index (χ0) is 14.5. The average Bonchev–Trinajstić information content (AvgIpc) is 2.46. The van der Waals surface area contributed by atoms with Crippen LogP contribution in [0.3, 0.4) is 0 Å². The van der Waals surface area contributed by atoms with Crippen LogP contribution >= 0.6 is 0 Å². The lowest BCUT2D eigenvalue weighted by molar-refractivity contribution is -0.144. The zero-order valence-electron chi connectivity index (χ0n) is 11.4. The summed E-state index contributed by atoms with van der Waals surface area (Å²) in [5, 5.41) is 3.47. The van der Waals surface area contributed by atoms with Crippen molar-refractivity contribution in [2.45, 2.75) is 19.9 Å². The van der Waals surface area contributed by atoms with Gasteiger partial charge in [0.1, 0.15) is 6.04 Å². The third-order valence-corrected chi connectivity index (χ3v) is 2.84. The van der Waals surface area contributed by atoms with Crippen molar-refractivity contribution >= 4 is 22.8 Å². The van der Waals surface area contributed by atoms with Gasteiger partial charge in [-0.2, -0.15) is 0 Å². The Kier molecular flexibility index (Phi) is 4.30. The monoisotopic (exact) mass is 272 g/mol. The van der Waals surface area contributed by atoms with Crippen molar-refractivity contribution in [2.24, 2.45) is 0 Å². The summed E-state index contributed by atoms with van der Waals surface area (Å²) in [7, 11) is 0. The molecule has 104 valence electrons. The molecule has 0 aliphatic heterocycles. The van der Waals surface area contributed by atoms with Crippen molar-refractivity contribution in [1.29, 1.82) is 0 Å². The number of carbonyl (C=O) groups is 2. The average molecular weight is 272 g/mol. The molecular formula is C15H16N2O3. The van der Waals surface area contributed by atoms with E-state index in [0.717, 1.165) is 10.9 Å². The van der Waals surface area contributed by atoms with Gasteiger partial charge in [-0.3, -0.25) is 9.78 Å². The van der Waals surface area contributed by atoms with E-state index in [2.05, 4.69) is 10.3 Å². The molecule has 0 radical (unpaired) electrons. The number of hydrogen-bond acceptors (Lipinski definition) is 4. The van der Waals surface area contributed by atoms with E-state index in [1.807, 2.05) is 24.3 Å². The number of nitrogens with one attached hydrogen (secondary N) is 1. The number of aromatic nitrogens is 1. The van der Waals surface area contributed by atoms with Gasteiger partial charge in [0.2, 0.25) is 0 Å². The predicted octanol–water partition coefficient (Wildman–Crippen LogP) is 1.92. The largest absolute Gasteiger partial charge is 0.464 e. The normalized spacial score (nSPS) is 11.9. The van der Waals surface area contributed by atoms with Crippen molar-refractivity contribution in [1.82, 2.24) is 10.3 Å². The van der Waals surface area contributed by atoms with E-state index in [4.69, 9.17) is 4.74 Å². The molecule has 1 heterocycles. The first-order valence-electron chi connectivity index (χ1n) is 6.44. The Morgan fingerprint density at radius 2 is 2.10 bits per heavy atom. The molecule has 1 atom stereocenters. The second-order valence-electron chi connectivity index (χ2n) is 4.36. The number of amides is 1. The molecule has 0 fully saturated rings. The fourth-order valence-corrected chi connectivity index (χ4v) is 1.80. The molecule has 1 N–H and O–H groups in total. The molecule has 5 heteroatoms. The van der Waals surface area contributed by atoms with E-state index >= 15 is 0 Å². The molecule has 0 saturated heterocycles. The molecule has 0 bridgehead atoms. The molecule has 2 rings (SSSR count). The van der Waals surface area contributed by atoms with Crippen LogP contribution in [-0.4, -0.2) is 29.5 Å². The van der Waals surface area contributed by atoms with E-state index < -0.39 is 12.0 Å². The van der Waals surface area contributed by atoms with Crippen molar-refractivity contribution in [3.05, 3.63) is 42.1 Å². The van der Waals surface area contributed by atoms with Crippen molar-refractivity contribution < 1.29 is 14.3 Å². The standard InChI is InChI=1S/C15H16N2O3/c1-3-20-15(19)10(2)17-14(18)12-8-11-6-4-5-7-13(11)16-9-12/h4-10H,3H2,1-2H3,(H,17,18). The number of esters is 1. The van der Waals surface area contributed by atoms with Gasteiger partial charge < -0.3 is 10.1 Å². The Morgan fingerprint density at radius 1 is 1.35 bits per heavy atom. The van der Waals surface area contributed by atoms with Crippen molar-refractivity contribution in [2.75, 3.05) is 6.61 Å². The molecule has 2 aromatic rings. The Hall–Kier alpha value is -2.43. The minimum absolute atomic E-state index is 0.288. The number of hydrogen-bond donors (Lipinski definition) is 1. The minimum Gasteiger partial charge on any atom is -0.464 e. The summed E-state index contributed by atoms with van der Waals surface area (Å²) in [5.74, 6) is -0.793. The quantitative estimate of drug-likeness (QED) is 0.863. The third kappa shape index (κ3) is 3.12. The number of pyridine rings is 1. The van der Waals surface area contributed by atoms with Crippen LogP contribution in [0.25, 0.3) is 10.9 Å². The first-order valence-corrected chi connectivity index (χ1v) is 6.44. The Bertz CT molecular complexity index is 640. The Morgan fingerprint density at radius 3 is 2.85 bits per heavy atom. The number of rotatable bonds is 4. The third-order valence-electron chi connectivity index (χ3n) is 2.84. The number of ether oxygens (including phenoxy) is 1. The number of nitrogens with zero attached hydrogens (tertiary/aromatic N) is 1. The predicted molar refractivity (Wildman–Crippen MR) is 75.3 cm³/mol. The van der Waals surface area contributed by atoms with Gasteiger partial charge in [-0.25, -0.2) is 4.79 Å². The summed E-state index contributed by atoms with van der Waals surface area (Å²) >= 11 is 0. The van der Waals surface area contributed by atoms with Crippen LogP contribution < -0.4 is 5.32 Å². The summed E-state index contributed by atoms with van der Waals surface area (Å²) in [6, 6.07) is 8.58. The summed E-state index contributed by atoms with van der Waals surface area (Å²) in [6.07, 6.45) is 1.50. The Labute approximate surface area is 117 Å². The maximum atomic E-state index is 12.0. The molecule has 0 spiro atoms. The summed E-state index contributed by atoms with van der Waals surface area (Å²) in [6.45, 7) is 3.60. The molecule has 5 nitrogen and oxygen atoms in total. The molecule has 20 heavy (non-hydrogen) atoms. The summed E-state index contributed by atoms with van der Waals surface area (Å²) < 4.78 is 4.84. The second-order valence-corrected chi connectivity index (χ2v) is 4.36. The lowest BCUT2D eigenvalue weighted by atomic mass is 10.1. The van der Waals surface area contributed by atoms with Crippen molar-refractivity contribution in [3.8, 4) is 0 Å². The van der Waals surface area contributed by atoms with Gasteiger partial charge >= 0.3 is 5.97 Å². The van der Waals surface area contributed by atoms with E-state index in [0.29, 0.717) is 5.56 Å². The highest BCUT2D eigenvalue weighted by molar-refractivity contribution is 5.99. The van der Waals surface area contributed by atoms with Gasteiger partial charge in [0.05, 0.1) is 17.7 Å². The molecule has 0 saturated carbocycles. The topological polar surface area (TPSA) is 68.3 Å². The van der Waals surface area contributed by atoms with Crippen LogP contribution in [0.15, 0.2) is 36.5 Å². The number of carbonyl (C=O) groups excluding carboxylic acids is 2. The minimum atomic E-state index is -0.686. The summed E-state index contributed by atoms with van der Waals surface area (Å²) in [5.41, 5.74) is 1.24. The lowest BCUT2D eigenvalue weighted by Gasteiger charge is -2.12. The van der Waals surface area contributed by atoms with Crippen LogP contribution in [0.4, 0.5) is 0 Å². The molecule has 1 amide bonds. The van der Waals surface area contributed by atoms with E-state index in [9.17, 15) is 9.59 Å². The highest BCUT2D eigenvalue weighted by Crippen LogP contribution is 2.12. The van der Waals surface area contributed by atoms with Gasteiger partial charge in [-0.15, -0.1) is 0 Å². The van der Waals surface area contributed by atoms with Gasteiger partial charge in [-0.1, -0.05) is 18.2 Å². The molecule has 0 aliphatic carbocycles. The fraction of sp³-hybridized carbons (Fsp3) is 0.267. The number of benzene rings is 1. The van der Waals surface area contributed by atoms with E-state index in [1.54, 1.807) is 19.9 Å². The molecule has 1 unspecified atom stereocenters. The highest BCUT2D eigenvalue weighted by Gasteiger charge is 2.17. The number of fused-ring (bicyclic) bond motifs is 1. The maximum absolute atomic E-state index is 12.0. The van der Waals surface area contributed by atoms with Crippen LogP contribution in [0.5, 0.6) is 0 Å². The van der Waals surface area contributed by atoms with E-state index in [1.165, 1.54) is 6.20 Å². The fourth-order valence-electron chi connectivity index (χ4n) is 1.80. The van der Waals surface area contributed by atoms with Crippen LogP contribution in [0, 0.1) is 0 Å². The molecule has 0 aliphatic rings. The smallest absolute Gasteiger partial charge is 0.328 e. The molecular weight excluding hydrogens is 256 g/mol. The first-order chi connectivity index (χ1) is 9.61. The number of para-hydroxylation sites is 1. The highest BCUT2D eigenvalue weighted by atomic mass is 16.5. The van der Waals surface area contributed by atoms with Gasteiger partial charge in [-0.05, 0) is 26.0 Å². The lowest BCUT2D eigenvalue weighted by Crippen LogP contribution is -2.39. The van der Waals surface area contributed by atoms with Gasteiger partial charge in [0.15, 0.2) is 0 Å². The molecule has 1 aromatic carbocycles. The SMILES string of the molecule is CCOC(=O)C(C)NC(=O)c1cnc2ccccc2c1. The van der Waals surface area contributed by atoms with Gasteiger partial charge in [0, 0.05) is 11.6 Å². The first kappa shape index (κ1) is 14.0. The summed E-state index contributed by atoms with van der Waals surface area (Å²) in [4.78, 5) is 27.7.